The number of nitrogens with zero attached hydrogens (tertiary/aromatic N) is 4. The Hall–Kier alpha value is -3.12. The zero-order chi connectivity index (χ0) is 23.8. The number of amides is 1. The lowest BCUT2D eigenvalue weighted by atomic mass is 10.1. The molecule has 3 heterocycles. The molecule has 1 aliphatic rings. The van der Waals surface area contributed by atoms with Gasteiger partial charge in [0.1, 0.15) is 11.3 Å². The van der Waals surface area contributed by atoms with E-state index in [2.05, 4.69) is 20.8 Å². The first-order valence-corrected chi connectivity index (χ1v) is 10.4. The van der Waals surface area contributed by atoms with Crippen molar-refractivity contribution in [2.75, 3.05) is 24.1 Å². The molecule has 1 amide bonds. The Morgan fingerprint density at radius 1 is 1.30 bits per heavy atom. The predicted octanol–water partition coefficient (Wildman–Crippen LogP) is 3.83. The third kappa shape index (κ3) is 5.11. The van der Waals surface area contributed by atoms with Crippen LogP contribution < -0.4 is 16.5 Å². The van der Waals surface area contributed by atoms with Crippen molar-refractivity contribution < 1.29 is 22.4 Å². The Morgan fingerprint density at radius 2 is 2.09 bits per heavy atom. The van der Waals surface area contributed by atoms with Crippen molar-refractivity contribution in [3.05, 3.63) is 46.7 Å². The molecule has 3 aromatic rings. The summed E-state index contributed by atoms with van der Waals surface area (Å²) in [6.45, 7) is -0.0799. The summed E-state index contributed by atoms with van der Waals surface area (Å²) in [5.41, 5.74) is 7.80. The van der Waals surface area contributed by atoms with Crippen molar-refractivity contribution in [3.8, 4) is 0 Å². The number of halogens is 5. The average Bonchev–Trinajstić information content (AvgIpc) is 3.14. The van der Waals surface area contributed by atoms with Gasteiger partial charge in [-0.15, -0.1) is 0 Å². The van der Waals surface area contributed by atoms with Gasteiger partial charge in [-0.3, -0.25) is 10.2 Å². The Balaban J connectivity index is 1.53. The van der Waals surface area contributed by atoms with Crippen LogP contribution in [0.3, 0.4) is 0 Å². The lowest BCUT2D eigenvalue weighted by Gasteiger charge is -2.34. The number of nitrogen functional groups attached to an aromatic ring is 1. The zero-order valence-electron chi connectivity index (χ0n) is 17.2. The second kappa shape index (κ2) is 9.02. The third-order valence-electron chi connectivity index (χ3n) is 5.26. The van der Waals surface area contributed by atoms with E-state index in [4.69, 9.17) is 17.3 Å². The molecule has 0 aliphatic carbocycles. The van der Waals surface area contributed by atoms with E-state index in [-0.39, 0.29) is 28.6 Å². The SMILES string of the molecule is Nc1nn(CF)cc1C(=O)NN1CCCC(Nc2cc(C(F)(F)F)nc3ccc(Cl)cc23)C1. The Bertz CT molecular complexity index is 1180. The van der Waals surface area contributed by atoms with Crippen molar-refractivity contribution in [1.82, 2.24) is 25.2 Å². The van der Waals surface area contributed by atoms with E-state index in [9.17, 15) is 22.4 Å². The van der Waals surface area contributed by atoms with E-state index in [1.165, 1.54) is 18.3 Å². The normalized spacial score (nSPS) is 17.3. The second-order valence-corrected chi connectivity index (χ2v) is 8.11. The van der Waals surface area contributed by atoms with Crippen LogP contribution in [0.4, 0.5) is 29.1 Å². The van der Waals surface area contributed by atoms with E-state index < -0.39 is 24.6 Å². The van der Waals surface area contributed by atoms with E-state index in [1.54, 1.807) is 11.1 Å². The smallest absolute Gasteiger partial charge is 0.382 e. The highest BCUT2D eigenvalue weighted by Crippen LogP contribution is 2.34. The summed E-state index contributed by atoms with van der Waals surface area (Å²) in [5.74, 6) is -0.648. The van der Waals surface area contributed by atoms with E-state index in [1.807, 2.05) is 0 Å². The number of piperidine rings is 1. The number of carbonyl (C=O) groups excluding carboxylic acids is 1. The summed E-state index contributed by atoms with van der Waals surface area (Å²) >= 11 is 6.05. The van der Waals surface area contributed by atoms with Crippen LogP contribution in [0.2, 0.25) is 5.02 Å². The van der Waals surface area contributed by atoms with Crippen molar-refractivity contribution in [2.45, 2.75) is 31.9 Å². The number of rotatable bonds is 5. The molecule has 0 bridgehead atoms. The van der Waals surface area contributed by atoms with Gasteiger partial charge in [0.2, 0.25) is 0 Å². The number of nitrogens with two attached hydrogens (primary N) is 1. The maximum Gasteiger partial charge on any atom is 0.433 e. The lowest BCUT2D eigenvalue weighted by molar-refractivity contribution is -0.140. The monoisotopic (exact) mass is 485 g/mol. The number of hydrogen-bond donors (Lipinski definition) is 3. The largest absolute Gasteiger partial charge is 0.433 e. The fourth-order valence-corrected chi connectivity index (χ4v) is 3.93. The van der Waals surface area contributed by atoms with Gasteiger partial charge in [0.15, 0.2) is 12.6 Å². The van der Waals surface area contributed by atoms with Crippen LogP contribution in [0, 0.1) is 0 Å². The molecule has 2 aromatic heterocycles. The topological polar surface area (TPSA) is 101 Å². The molecular weight excluding hydrogens is 466 g/mol. The van der Waals surface area contributed by atoms with Gasteiger partial charge in [-0.05, 0) is 37.1 Å². The maximum atomic E-state index is 13.4. The minimum atomic E-state index is -4.61. The molecule has 0 saturated carbocycles. The lowest BCUT2D eigenvalue weighted by Crippen LogP contribution is -2.51. The first-order valence-electron chi connectivity index (χ1n) is 10.0. The van der Waals surface area contributed by atoms with Crippen LogP contribution in [0.5, 0.6) is 0 Å². The van der Waals surface area contributed by atoms with Crippen LogP contribution in [0.25, 0.3) is 10.9 Å². The number of fused-ring (bicyclic) bond motifs is 1. The number of hydrazine groups is 1. The number of alkyl halides is 4. The van der Waals surface area contributed by atoms with Gasteiger partial charge in [-0.25, -0.2) is 19.1 Å². The van der Waals surface area contributed by atoms with Gasteiger partial charge < -0.3 is 11.1 Å². The minimum Gasteiger partial charge on any atom is -0.382 e. The summed E-state index contributed by atoms with van der Waals surface area (Å²) in [4.78, 5) is 16.2. The molecule has 4 N–H and O–H groups in total. The number of nitrogens with one attached hydrogen (secondary N) is 2. The molecule has 1 saturated heterocycles. The summed E-state index contributed by atoms with van der Waals surface area (Å²) in [6.07, 6.45) is -2.07. The fourth-order valence-electron chi connectivity index (χ4n) is 3.76. The number of anilines is 2. The zero-order valence-corrected chi connectivity index (χ0v) is 17.9. The van der Waals surface area contributed by atoms with Crippen LogP contribution >= 0.6 is 11.6 Å². The van der Waals surface area contributed by atoms with Gasteiger partial charge >= 0.3 is 6.18 Å². The van der Waals surface area contributed by atoms with E-state index >= 15 is 0 Å². The second-order valence-electron chi connectivity index (χ2n) is 7.67. The number of carbonyl (C=O) groups is 1. The van der Waals surface area contributed by atoms with E-state index in [0.717, 1.165) is 10.7 Å². The summed E-state index contributed by atoms with van der Waals surface area (Å²) in [6, 6.07) is 5.17. The number of pyridine rings is 1. The Kier molecular flexibility index (Phi) is 6.30. The molecular formula is C20H20ClF4N7O. The molecule has 1 aromatic carbocycles. The molecule has 0 radical (unpaired) electrons. The molecule has 1 fully saturated rings. The van der Waals surface area contributed by atoms with E-state index in [0.29, 0.717) is 36.3 Å². The van der Waals surface area contributed by atoms with Gasteiger partial charge in [0.05, 0.1) is 5.52 Å². The molecule has 13 heteroatoms. The van der Waals surface area contributed by atoms with Crippen molar-refractivity contribution >= 4 is 39.9 Å². The third-order valence-corrected chi connectivity index (χ3v) is 5.49. The van der Waals surface area contributed by atoms with Gasteiger partial charge in [-0.2, -0.15) is 18.3 Å². The predicted molar refractivity (Wildman–Crippen MR) is 115 cm³/mol. The molecule has 33 heavy (non-hydrogen) atoms. The van der Waals surface area contributed by atoms with Crippen LogP contribution in [-0.2, 0) is 13.0 Å². The van der Waals surface area contributed by atoms with Crippen LogP contribution in [0.15, 0.2) is 30.5 Å². The van der Waals surface area contributed by atoms with Gasteiger partial charge in [-0.1, -0.05) is 11.6 Å². The quantitative estimate of drug-likeness (QED) is 0.475. The molecule has 1 atom stereocenters. The molecule has 176 valence electrons. The highest BCUT2D eigenvalue weighted by atomic mass is 35.5. The average molecular weight is 486 g/mol. The molecule has 1 unspecified atom stereocenters. The Labute approximate surface area is 190 Å². The summed E-state index contributed by atoms with van der Waals surface area (Å²) in [5, 5.41) is 9.31. The summed E-state index contributed by atoms with van der Waals surface area (Å²) < 4.78 is 53.8. The number of hydrogen-bond acceptors (Lipinski definition) is 6. The highest BCUT2D eigenvalue weighted by molar-refractivity contribution is 6.31. The van der Waals surface area contributed by atoms with Crippen molar-refractivity contribution in [2.24, 2.45) is 0 Å². The van der Waals surface area contributed by atoms with Gasteiger partial charge in [0, 0.05) is 41.4 Å². The first-order chi connectivity index (χ1) is 15.6. The molecule has 1 aliphatic heterocycles. The molecule has 8 nitrogen and oxygen atoms in total. The van der Waals surface area contributed by atoms with Crippen LogP contribution in [-0.4, -0.2) is 44.8 Å². The van der Waals surface area contributed by atoms with Gasteiger partial charge in [0.25, 0.3) is 5.91 Å². The Morgan fingerprint density at radius 3 is 2.79 bits per heavy atom. The molecule has 4 rings (SSSR count). The van der Waals surface area contributed by atoms with Crippen LogP contribution in [0.1, 0.15) is 28.9 Å². The van der Waals surface area contributed by atoms with Crippen molar-refractivity contribution in [3.63, 3.8) is 0 Å². The fraction of sp³-hybridized carbons (Fsp3) is 0.350. The number of benzene rings is 1. The van der Waals surface area contributed by atoms with Crippen molar-refractivity contribution in [1.29, 1.82) is 0 Å². The highest BCUT2D eigenvalue weighted by Gasteiger charge is 2.34. The number of aromatic nitrogens is 3. The minimum absolute atomic E-state index is 0.0346. The maximum absolute atomic E-state index is 13.4. The molecule has 0 spiro atoms. The summed E-state index contributed by atoms with van der Waals surface area (Å²) in [7, 11) is 0. The first kappa shape index (κ1) is 23.1. The standard InChI is InChI=1S/C20H20ClF4N7O/c21-11-3-4-15-13(6-11)16(7-17(28-15)20(23,24)25)27-12-2-1-5-31(8-12)30-19(33)14-9-32(10-22)29-18(14)26/h3-4,6-7,9,12H,1-2,5,8,10H2,(H2,26,29)(H,27,28)(H,30,33).